The van der Waals surface area contributed by atoms with E-state index < -0.39 is 33.6 Å². The van der Waals surface area contributed by atoms with Crippen molar-refractivity contribution in [2.75, 3.05) is 6.54 Å². The molecule has 1 saturated carbocycles. The van der Waals surface area contributed by atoms with Gasteiger partial charge in [-0.1, -0.05) is 6.07 Å². The summed E-state index contributed by atoms with van der Waals surface area (Å²) in [6, 6.07) is 7.81. The minimum atomic E-state index is -3.70. The molecule has 0 spiro atoms. The van der Waals surface area contributed by atoms with E-state index in [0.717, 1.165) is 31.0 Å². The fourth-order valence-corrected chi connectivity index (χ4v) is 3.80. The summed E-state index contributed by atoms with van der Waals surface area (Å²) in [7, 11) is -3.70. The molecule has 27 heavy (non-hydrogen) atoms. The van der Waals surface area contributed by atoms with E-state index in [0.29, 0.717) is 12.5 Å². The Hall–Kier alpha value is -2.32. The summed E-state index contributed by atoms with van der Waals surface area (Å²) < 4.78 is 54.4. The van der Waals surface area contributed by atoms with E-state index in [9.17, 15) is 22.0 Å². The summed E-state index contributed by atoms with van der Waals surface area (Å²) in [5, 5.41) is 2.56. The molecule has 0 aliphatic heterocycles. The zero-order valence-electron chi connectivity index (χ0n) is 14.7. The number of hydrogen-bond acceptors (Lipinski definition) is 3. The monoisotopic (exact) mass is 394 g/mol. The maximum absolute atomic E-state index is 13.8. The largest absolute Gasteiger partial charge is 0.345 e. The van der Waals surface area contributed by atoms with E-state index in [4.69, 9.17) is 0 Å². The first-order valence-electron chi connectivity index (χ1n) is 8.62. The minimum absolute atomic E-state index is 0.0122. The Balaban J connectivity index is 1.74. The van der Waals surface area contributed by atoms with Crippen LogP contribution in [0.4, 0.5) is 8.78 Å². The predicted octanol–water partition coefficient (Wildman–Crippen LogP) is 3.14. The molecular formula is C19H20F2N2O3S. The Morgan fingerprint density at radius 3 is 2.63 bits per heavy atom. The van der Waals surface area contributed by atoms with Crippen molar-refractivity contribution in [1.29, 1.82) is 0 Å². The zero-order chi connectivity index (χ0) is 19.6. The van der Waals surface area contributed by atoms with Gasteiger partial charge in [0.15, 0.2) is 0 Å². The Morgan fingerprint density at radius 2 is 1.93 bits per heavy atom. The van der Waals surface area contributed by atoms with Crippen molar-refractivity contribution < 1.29 is 22.0 Å². The normalized spacial score (nSPS) is 15.4. The van der Waals surface area contributed by atoms with Crippen LogP contribution in [0.15, 0.2) is 47.4 Å². The molecule has 2 aromatic rings. The Labute approximate surface area is 156 Å². The maximum atomic E-state index is 13.8. The van der Waals surface area contributed by atoms with E-state index in [1.165, 1.54) is 31.2 Å². The molecule has 1 amide bonds. The second kappa shape index (κ2) is 7.74. The van der Waals surface area contributed by atoms with Gasteiger partial charge in [0.2, 0.25) is 10.0 Å². The first kappa shape index (κ1) is 19.4. The molecule has 0 heterocycles. The lowest BCUT2D eigenvalue weighted by Crippen LogP contribution is -2.28. The van der Waals surface area contributed by atoms with Gasteiger partial charge in [-0.05, 0) is 62.1 Å². The van der Waals surface area contributed by atoms with Crippen LogP contribution in [0.3, 0.4) is 0 Å². The van der Waals surface area contributed by atoms with Crippen LogP contribution in [0.1, 0.15) is 41.7 Å². The van der Waals surface area contributed by atoms with Crippen LogP contribution in [0.5, 0.6) is 0 Å². The molecule has 0 saturated heterocycles. The highest BCUT2D eigenvalue weighted by molar-refractivity contribution is 7.89. The molecule has 1 aliphatic rings. The highest BCUT2D eigenvalue weighted by atomic mass is 32.2. The second-order valence-corrected chi connectivity index (χ2v) is 8.45. The van der Waals surface area contributed by atoms with Crippen LogP contribution < -0.4 is 10.0 Å². The van der Waals surface area contributed by atoms with Crippen molar-refractivity contribution in [3.05, 3.63) is 65.2 Å². The lowest BCUT2D eigenvalue weighted by Gasteiger charge is -2.16. The second-order valence-electron chi connectivity index (χ2n) is 6.68. The van der Waals surface area contributed by atoms with Gasteiger partial charge in [0, 0.05) is 17.7 Å². The van der Waals surface area contributed by atoms with Gasteiger partial charge < -0.3 is 5.32 Å². The van der Waals surface area contributed by atoms with Gasteiger partial charge in [-0.15, -0.1) is 0 Å². The SMILES string of the molecule is CC(NC(=O)c1cccc(S(=O)(=O)NCC2CC2)c1)c1cc(F)ccc1F. The molecule has 1 unspecified atom stereocenters. The van der Waals surface area contributed by atoms with Crippen LogP contribution in [-0.2, 0) is 10.0 Å². The van der Waals surface area contributed by atoms with Crippen molar-refractivity contribution in [2.45, 2.75) is 30.7 Å². The van der Waals surface area contributed by atoms with Gasteiger partial charge in [-0.2, -0.15) is 0 Å². The maximum Gasteiger partial charge on any atom is 0.251 e. The molecular weight excluding hydrogens is 374 g/mol. The molecule has 3 rings (SSSR count). The third-order valence-electron chi connectivity index (χ3n) is 4.44. The summed E-state index contributed by atoms with van der Waals surface area (Å²) >= 11 is 0. The van der Waals surface area contributed by atoms with E-state index in [2.05, 4.69) is 10.0 Å². The Morgan fingerprint density at radius 1 is 1.19 bits per heavy atom. The van der Waals surface area contributed by atoms with E-state index >= 15 is 0 Å². The van der Waals surface area contributed by atoms with Crippen molar-refractivity contribution >= 4 is 15.9 Å². The third-order valence-corrected chi connectivity index (χ3v) is 5.86. The Kier molecular flexibility index (Phi) is 5.57. The number of rotatable bonds is 7. The topological polar surface area (TPSA) is 75.3 Å². The van der Waals surface area contributed by atoms with Crippen LogP contribution in [-0.4, -0.2) is 20.9 Å². The van der Waals surface area contributed by atoms with Crippen molar-refractivity contribution in [2.24, 2.45) is 5.92 Å². The van der Waals surface area contributed by atoms with Crippen molar-refractivity contribution in [3.63, 3.8) is 0 Å². The number of sulfonamides is 1. The number of hydrogen-bond donors (Lipinski definition) is 2. The number of amides is 1. The molecule has 0 radical (unpaired) electrons. The van der Waals surface area contributed by atoms with Crippen LogP contribution in [0, 0.1) is 17.6 Å². The van der Waals surface area contributed by atoms with Crippen LogP contribution in [0.25, 0.3) is 0 Å². The third kappa shape index (κ3) is 4.90. The van der Waals surface area contributed by atoms with E-state index in [-0.39, 0.29) is 16.0 Å². The molecule has 1 atom stereocenters. The molecule has 1 aliphatic carbocycles. The predicted molar refractivity (Wildman–Crippen MR) is 96.6 cm³/mol. The first-order valence-corrected chi connectivity index (χ1v) is 10.1. The standard InChI is InChI=1S/C19H20F2N2O3S/c1-12(17-10-15(20)7-8-18(17)21)23-19(24)14-3-2-4-16(9-14)27(25,26)22-11-13-5-6-13/h2-4,7-10,12-13,22H,5-6,11H2,1H3,(H,23,24). The lowest BCUT2D eigenvalue weighted by atomic mass is 10.1. The van der Waals surface area contributed by atoms with Gasteiger partial charge >= 0.3 is 0 Å². The number of nitrogens with one attached hydrogen (secondary N) is 2. The zero-order valence-corrected chi connectivity index (χ0v) is 15.5. The van der Waals surface area contributed by atoms with E-state index in [1.54, 1.807) is 0 Å². The average molecular weight is 394 g/mol. The molecule has 5 nitrogen and oxygen atoms in total. The molecule has 144 valence electrons. The molecule has 1 fully saturated rings. The number of carbonyl (C=O) groups excluding carboxylic acids is 1. The summed E-state index contributed by atoms with van der Waals surface area (Å²) in [6.45, 7) is 1.90. The average Bonchev–Trinajstić information content (AvgIpc) is 3.46. The summed E-state index contributed by atoms with van der Waals surface area (Å²) in [5.41, 5.74) is 0.131. The quantitative estimate of drug-likeness (QED) is 0.758. The fourth-order valence-electron chi connectivity index (χ4n) is 2.64. The smallest absolute Gasteiger partial charge is 0.251 e. The van der Waals surface area contributed by atoms with Crippen LogP contribution in [0.2, 0.25) is 0 Å². The van der Waals surface area contributed by atoms with Gasteiger partial charge in [0.25, 0.3) is 5.91 Å². The van der Waals surface area contributed by atoms with Crippen molar-refractivity contribution in [1.82, 2.24) is 10.0 Å². The number of halogens is 2. The molecule has 0 aromatic heterocycles. The molecule has 2 N–H and O–H groups in total. The van der Waals surface area contributed by atoms with Gasteiger partial charge in [-0.3, -0.25) is 4.79 Å². The Bertz CT molecular complexity index is 959. The summed E-state index contributed by atoms with van der Waals surface area (Å²) in [5.74, 6) is -1.44. The number of benzene rings is 2. The lowest BCUT2D eigenvalue weighted by molar-refractivity contribution is 0.0939. The molecule has 0 bridgehead atoms. The molecule has 2 aromatic carbocycles. The minimum Gasteiger partial charge on any atom is -0.345 e. The van der Waals surface area contributed by atoms with Crippen LogP contribution >= 0.6 is 0 Å². The van der Waals surface area contributed by atoms with Crippen molar-refractivity contribution in [3.8, 4) is 0 Å². The number of carbonyl (C=O) groups is 1. The van der Waals surface area contributed by atoms with Gasteiger partial charge in [0.1, 0.15) is 11.6 Å². The van der Waals surface area contributed by atoms with Gasteiger partial charge in [0.05, 0.1) is 10.9 Å². The highest BCUT2D eigenvalue weighted by Gasteiger charge is 2.25. The fraction of sp³-hybridized carbons (Fsp3) is 0.316. The van der Waals surface area contributed by atoms with Gasteiger partial charge in [-0.25, -0.2) is 21.9 Å². The first-order chi connectivity index (χ1) is 12.8. The molecule has 8 heteroatoms. The highest BCUT2D eigenvalue weighted by Crippen LogP contribution is 2.28. The summed E-state index contributed by atoms with van der Waals surface area (Å²) in [4.78, 5) is 12.4. The summed E-state index contributed by atoms with van der Waals surface area (Å²) in [6.07, 6.45) is 2.03. The van der Waals surface area contributed by atoms with E-state index in [1.807, 2.05) is 0 Å².